The largest absolute Gasteiger partial charge is 0.434 e. The lowest BCUT2D eigenvalue weighted by atomic mass is 9.95. The molecule has 2 aromatic carbocycles. The van der Waals surface area contributed by atoms with E-state index < -0.39 is 23.3 Å². The van der Waals surface area contributed by atoms with Crippen LogP contribution < -0.4 is 5.32 Å². The van der Waals surface area contributed by atoms with E-state index in [2.05, 4.69) is 10.4 Å². The molecule has 1 aromatic heterocycles. The third-order valence-electron chi connectivity index (χ3n) is 5.80. The Morgan fingerprint density at radius 2 is 1.68 bits per heavy atom. The second-order valence-electron chi connectivity index (χ2n) is 8.06. The Morgan fingerprint density at radius 1 is 1.03 bits per heavy atom. The minimum Gasteiger partial charge on any atom is -0.352 e. The molecule has 3 aromatic rings. The average Bonchev–Trinajstić information content (AvgIpc) is 3.29. The van der Waals surface area contributed by atoms with E-state index in [-0.39, 0.29) is 30.6 Å². The molecule has 2 heterocycles. The normalized spacial score (nSPS) is 14.8. The molecule has 2 amide bonds. The van der Waals surface area contributed by atoms with Gasteiger partial charge in [-0.3, -0.25) is 9.59 Å². The Kier molecular flexibility index (Phi) is 6.92. The average molecular weight is 491 g/mol. The number of carbonyl (C=O) groups excluding carboxylic acids is 2. The number of piperidine rings is 1. The maximum Gasteiger partial charge on any atom is 0.434 e. The fraction of sp³-hybridized carbons (Fsp3) is 0.292. The third-order valence-corrected chi connectivity index (χ3v) is 6.05. The first-order valence-corrected chi connectivity index (χ1v) is 11.1. The van der Waals surface area contributed by atoms with E-state index in [1.807, 2.05) is 30.3 Å². The number of hydrogen-bond donors (Lipinski definition) is 1. The number of amides is 2. The molecule has 0 aliphatic carbocycles. The summed E-state index contributed by atoms with van der Waals surface area (Å²) in [5, 5.41) is 7.09. The number of likely N-dealkylation sites (tertiary alicyclic amines) is 1. The minimum atomic E-state index is -4.79. The maximum absolute atomic E-state index is 13.9. The van der Waals surface area contributed by atoms with Crippen LogP contribution in [0.3, 0.4) is 0 Å². The summed E-state index contributed by atoms with van der Waals surface area (Å²) in [7, 11) is 0. The van der Waals surface area contributed by atoms with Gasteiger partial charge in [0.1, 0.15) is 0 Å². The quantitative estimate of drug-likeness (QED) is 0.563. The van der Waals surface area contributed by atoms with Crippen LogP contribution in [0.5, 0.6) is 0 Å². The first kappa shape index (κ1) is 23.8. The predicted octanol–water partition coefficient (Wildman–Crippen LogP) is 4.71. The highest BCUT2D eigenvalue weighted by atomic mass is 35.5. The third kappa shape index (κ3) is 5.25. The van der Waals surface area contributed by atoms with Gasteiger partial charge in [0.05, 0.1) is 17.4 Å². The van der Waals surface area contributed by atoms with Gasteiger partial charge in [-0.25, -0.2) is 4.68 Å². The summed E-state index contributed by atoms with van der Waals surface area (Å²) in [6, 6.07) is 15.2. The Hall–Kier alpha value is -3.33. The Morgan fingerprint density at radius 3 is 2.29 bits per heavy atom. The lowest BCUT2D eigenvalue weighted by Gasteiger charge is -2.31. The summed E-state index contributed by atoms with van der Waals surface area (Å²) in [4.78, 5) is 26.9. The molecule has 0 saturated carbocycles. The van der Waals surface area contributed by atoms with E-state index in [0.29, 0.717) is 29.1 Å². The van der Waals surface area contributed by atoms with Crippen molar-refractivity contribution in [2.75, 3.05) is 13.1 Å². The van der Waals surface area contributed by atoms with Crippen LogP contribution in [0.4, 0.5) is 13.2 Å². The van der Waals surface area contributed by atoms with Crippen LogP contribution in [0.15, 0.2) is 60.8 Å². The lowest BCUT2D eigenvalue weighted by Crippen LogP contribution is -2.43. The number of benzene rings is 2. The number of rotatable bonds is 5. The topological polar surface area (TPSA) is 67.2 Å². The number of nitrogens with zero attached hydrogens (tertiary/aromatic N) is 3. The van der Waals surface area contributed by atoms with Crippen LogP contribution in [-0.2, 0) is 17.5 Å². The number of alkyl halides is 3. The molecule has 34 heavy (non-hydrogen) atoms. The lowest BCUT2D eigenvalue weighted by molar-refractivity contribution is -0.143. The van der Waals surface area contributed by atoms with Gasteiger partial charge in [-0.15, -0.1) is 0 Å². The highest BCUT2D eigenvalue weighted by Gasteiger charge is 2.42. The fourth-order valence-corrected chi connectivity index (χ4v) is 4.13. The van der Waals surface area contributed by atoms with Crippen molar-refractivity contribution in [3.05, 3.63) is 82.6 Å². The van der Waals surface area contributed by atoms with Crippen molar-refractivity contribution >= 4 is 23.4 Å². The van der Waals surface area contributed by atoms with Gasteiger partial charge in [0.25, 0.3) is 5.91 Å². The van der Waals surface area contributed by atoms with Gasteiger partial charge in [0, 0.05) is 30.6 Å². The van der Waals surface area contributed by atoms with Crippen molar-refractivity contribution in [2.45, 2.75) is 25.6 Å². The first-order valence-electron chi connectivity index (χ1n) is 10.8. The summed E-state index contributed by atoms with van der Waals surface area (Å²) in [5.74, 6) is -1.18. The molecule has 0 unspecified atom stereocenters. The Labute approximate surface area is 199 Å². The van der Waals surface area contributed by atoms with Crippen molar-refractivity contribution < 1.29 is 22.8 Å². The van der Waals surface area contributed by atoms with Gasteiger partial charge >= 0.3 is 6.18 Å². The molecule has 1 saturated heterocycles. The van der Waals surface area contributed by atoms with Gasteiger partial charge in [-0.2, -0.15) is 18.3 Å². The van der Waals surface area contributed by atoms with E-state index in [1.54, 1.807) is 0 Å². The van der Waals surface area contributed by atoms with Crippen molar-refractivity contribution in [1.82, 2.24) is 20.0 Å². The summed E-state index contributed by atoms with van der Waals surface area (Å²) in [6.45, 7) is 0.773. The molecule has 1 aliphatic rings. The van der Waals surface area contributed by atoms with Crippen LogP contribution in [0, 0.1) is 5.92 Å². The van der Waals surface area contributed by atoms with Crippen LogP contribution >= 0.6 is 11.6 Å². The molecule has 0 bridgehead atoms. The number of aromatic nitrogens is 2. The Balaban J connectivity index is 1.44. The van der Waals surface area contributed by atoms with Gasteiger partial charge in [-0.05, 0) is 42.7 Å². The molecule has 6 nitrogen and oxygen atoms in total. The monoisotopic (exact) mass is 490 g/mol. The minimum absolute atomic E-state index is 0.123. The van der Waals surface area contributed by atoms with Crippen molar-refractivity contribution in [3.63, 3.8) is 0 Å². The smallest absolute Gasteiger partial charge is 0.352 e. The summed E-state index contributed by atoms with van der Waals surface area (Å²) in [6.07, 6.45) is -3.10. The van der Waals surface area contributed by atoms with Crippen LogP contribution in [0.2, 0.25) is 5.02 Å². The van der Waals surface area contributed by atoms with E-state index in [0.717, 1.165) is 11.8 Å². The zero-order chi connectivity index (χ0) is 24.3. The van der Waals surface area contributed by atoms with Crippen molar-refractivity contribution in [3.8, 4) is 5.69 Å². The predicted molar refractivity (Wildman–Crippen MR) is 120 cm³/mol. The molecule has 0 spiro atoms. The molecule has 4 rings (SSSR count). The molecule has 1 aliphatic heterocycles. The summed E-state index contributed by atoms with van der Waals surface area (Å²) < 4.78 is 42.5. The molecule has 0 atom stereocenters. The number of hydrogen-bond acceptors (Lipinski definition) is 3. The van der Waals surface area contributed by atoms with Crippen LogP contribution in [-0.4, -0.2) is 39.6 Å². The van der Waals surface area contributed by atoms with Gasteiger partial charge < -0.3 is 10.2 Å². The van der Waals surface area contributed by atoms with Crippen LogP contribution in [0.1, 0.15) is 34.5 Å². The molecule has 10 heteroatoms. The first-order chi connectivity index (χ1) is 16.2. The van der Waals surface area contributed by atoms with Gasteiger partial charge in [0.15, 0.2) is 5.69 Å². The van der Waals surface area contributed by atoms with E-state index in [1.165, 1.54) is 29.2 Å². The highest BCUT2D eigenvalue weighted by Crippen LogP contribution is 2.35. The molecule has 1 fully saturated rings. The number of halogens is 4. The summed E-state index contributed by atoms with van der Waals surface area (Å²) in [5.41, 5.74) is -0.539. The molecular weight excluding hydrogens is 469 g/mol. The highest BCUT2D eigenvalue weighted by molar-refractivity contribution is 6.30. The molecule has 0 radical (unpaired) electrons. The maximum atomic E-state index is 13.9. The van der Waals surface area contributed by atoms with Crippen molar-refractivity contribution in [1.29, 1.82) is 0 Å². The van der Waals surface area contributed by atoms with Crippen LogP contribution in [0.25, 0.3) is 5.69 Å². The SMILES string of the molecule is O=C(NCc1ccccc1)C1CCN(C(=O)c2cnn(-c3ccc(Cl)cc3)c2C(F)(F)F)CC1. The van der Waals surface area contributed by atoms with Gasteiger partial charge in [0.2, 0.25) is 5.91 Å². The number of carbonyl (C=O) groups is 2. The zero-order valence-electron chi connectivity index (χ0n) is 18.1. The molecular formula is C24H22ClF3N4O2. The fourth-order valence-electron chi connectivity index (χ4n) is 4.00. The van der Waals surface area contributed by atoms with Gasteiger partial charge in [-0.1, -0.05) is 41.9 Å². The number of nitrogens with one attached hydrogen (secondary N) is 1. The van der Waals surface area contributed by atoms with E-state index in [4.69, 9.17) is 11.6 Å². The Bertz CT molecular complexity index is 1160. The zero-order valence-corrected chi connectivity index (χ0v) is 18.8. The molecule has 1 N–H and O–H groups in total. The summed E-state index contributed by atoms with van der Waals surface area (Å²) >= 11 is 5.83. The molecule has 178 valence electrons. The second-order valence-corrected chi connectivity index (χ2v) is 8.50. The van der Waals surface area contributed by atoms with E-state index in [9.17, 15) is 22.8 Å². The van der Waals surface area contributed by atoms with Crippen molar-refractivity contribution in [2.24, 2.45) is 5.92 Å². The van der Waals surface area contributed by atoms with E-state index >= 15 is 0 Å². The standard InChI is InChI=1S/C24H22ClF3N4O2/c25-18-6-8-19(9-7-18)32-21(24(26,27)28)20(15-30-32)23(34)31-12-10-17(11-13-31)22(33)29-14-16-4-2-1-3-5-16/h1-9,15,17H,10-14H2,(H,29,33). The second kappa shape index (κ2) is 9.89.